The van der Waals surface area contributed by atoms with Crippen molar-refractivity contribution < 1.29 is 4.79 Å². The summed E-state index contributed by atoms with van der Waals surface area (Å²) < 4.78 is 0. The Hall–Kier alpha value is -4.40. The van der Waals surface area contributed by atoms with Crippen molar-refractivity contribution in [2.45, 2.75) is 19.3 Å². The van der Waals surface area contributed by atoms with Crippen LogP contribution in [0, 0.1) is 0 Å². The summed E-state index contributed by atoms with van der Waals surface area (Å²) in [6.07, 6.45) is 4.38. The first kappa shape index (κ1) is 23.3. The van der Waals surface area contributed by atoms with Gasteiger partial charge in [-0.3, -0.25) is 9.59 Å². The smallest absolute Gasteiger partial charge is 0.259 e. The Kier molecular flexibility index (Phi) is 6.62. The van der Waals surface area contributed by atoms with Gasteiger partial charge in [0.25, 0.3) is 5.56 Å². The van der Waals surface area contributed by atoms with Crippen LogP contribution in [0.25, 0.3) is 16.3 Å². The maximum atomic E-state index is 12.6. The molecule has 33 heavy (non-hydrogen) atoms. The third-order valence-electron chi connectivity index (χ3n) is 5.26. The highest BCUT2D eigenvalue weighted by Gasteiger charge is 2.28. The number of fused-ring (bicyclic) bond motifs is 1. The summed E-state index contributed by atoms with van der Waals surface area (Å²) in [5.41, 5.74) is 12.9. The third-order valence-corrected chi connectivity index (χ3v) is 5.26. The van der Waals surface area contributed by atoms with E-state index in [-0.39, 0.29) is 17.3 Å². The summed E-state index contributed by atoms with van der Waals surface area (Å²) in [6.45, 7) is 7.24. The number of hydrogen-bond acceptors (Lipinski definition) is 7. The highest BCUT2D eigenvalue weighted by atomic mass is 16.2. The molecule has 0 bridgehead atoms. The molecule has 0 aliphatic carbocycles. The number of aromatic amines is 1. The van der Waals surface area contributed by atoms with Gasteiger partial charge in [0.05, 0.1) is 16.5 Å². The van der Waals surface area contributed by atoms with Crippen LogP contribution >= 0.6 is 0 Å². The zero-order valence-corrected chi connectivity index (χ0v) is 18.8. The van der Waals surface area contributed by atoms with Gasteiger partial charge in [0.1, 0.15) is 11.6 Å². The number of hydrogen-bond donors (Lipinski definition) is 5. The van der Waals surface area contributed by atoms with E-state index in [1.165, 1.54) is 12.4 Å². The van der Waals surface area contributed by atoms with E-state index in [1.807, 2.05) is 38.1 Å². The second kappa shape index (κ2) is 9.39. The van der Waals surface area contributed by atoms with E-state index in [1.54, 1.807) is 25.4 Å². The molecule has 0 aliphatic heterocycles. The van der Waals surface area contributed by atoms with Gasteiger partial charge in [-0.05, 0) is 49.1 Å². The second-order valence-corrected chi connectivity index (χ2v) is 7.91. The Labute approximate surface area is 191 Å². The Morgan fingerprint density at radius 1 is 1.24 bits per heavy atom. The Bertz CT molecular complexity index is 1320. The number of benzene rings is 1. The number of likely N-dealkylation sites (N-methyl/N-ethyl adjacent to an activating group) is 1. The normalized spacial score (nSPS) is 12.2. The Morgan fingerprint density at radius 3 is 2.55 bits per heavy atom. The van der Waals surface area contributed by atoms with Crippen LogP contribution in [0.15, 0.2) is 71.0 Å². The van der Waals surface area contributed by atoms with Crippen LogP contribution in [0.3, 0.4) is 0 Å². The number of allylic oxidation sites excluding steroid dienone is 1. The quantitative estimate of drug-likeness (QED) is 0.352. The molecule has 0 saturated carbocycles. The topological polar surface area (TPSA) is 151 Å². The monoisotopic (exact) mass is 445 g/mol. The van der Waals surface area contributed by atoms with Gasteiger partial charge >= 0.3 is 0 Å². The van der Waals surface area contributed by atoms with Crippen molar-refractivity contribution in [3.8, 4) is 0 Å². The molecule has 9 nitrogen and oxygen atoms in total. The highest BCUT2D eigenvalue weighted by Crippen LogP contribution is 2.28. The molecule has 9 heteroatoms. The number of H-pyrrole nitrogens is 1. The average molecular weight is 446 g/mol. The lowest BCUT2D eigenvalue weighted by molar-refractivity contribution is -0.125. The summed E-state index contributed by atoms with van der Waals surface area (Å²) in [4.78, 5) is 36.1. The minimum absolute atomic E-state index is 0.0852. The van der Waals surface area contributed by atoms with Gasteiger partial charge in [0.2, 0.25) is 5.91 Å². The zero-order valence-electron chi connectivity index (χ0n) is 18.8. The van der Waals surface area contributed by atoms with E-state index in [4.69, 9.17) is 11.5 Å². The predicted octanol–water partition coefficient (Wildman–Crippen LogP) is 2.49. The average Bonchev–Trinajstić information content (AvgIpc) is 2.79. The van der Waals surface area contributed by atoms with Crippen LogP contribution in [-0.2, 0) is 10.2 Å². The van der Waals surface area contributed by atoms with Gasteiger partial charge in [0.15, 0.2) is 0 Å². The Balaban J connectivity index is 2.06. The fourth-order valence-corrected chi connectivity index (χ4v) is 3.35. The van der Waals surface area contributed by atoms with E-state index in [0.717, 1.165) is 5.56 Å². The molecule has 0 unspecified atom stereocenters. The van der Waals surface area contributed by atoms with Crippen molar-refractivity contribution in [1.82, 2.24) is 15.3 Å². The molecule has 3 rings (SSSR count). The van der Waals surface area contributed by atoms with E-state index in [0.29, 0.717) is 33.5 Å². The van der Waals surface area contributed by atoms with E-state index in [2.05, 4.69) is 32.2 Å². The molecular formula is C24H27N7O2. The molecule has 170 valence electrons. The molecule has 0 aliphatic rings. The number of aromatic nitrogens is 2. The van der Waals surface area contributed by atoms with Gasteiger partial charge in [-0.15, -0.1) is 0 Å². The molecule has 1 aromatic carbocycles. The second-order valence-electron chi connectivity index (χ2n) is 7.91. The van der Waals surface area contributed by atoms with Crippen LogP contribution in [0.5, 0.6) is 0 Å². The number of carbonyl (C=O) groups is 1. The fourth-order valence-electron chi connectivity index (χ4n) is 3.35. The molecule has 0 radical (unpaired) electrons. The maximum absolute atomic E-state index is 12.6. The molecule has 2 aromatic heterocycles. The summed E-state index contributed by atoms with van der Waals surface area (Å²) in [5, 5.41) is 6.95. The first-order valence-corrected chi connectivity index (χ1v) is 10.2. The highest BCUT2D eigenvalue weighted by molar-refractivity contribution is 6.10. The van der Waals surface area contributed by atoms with Gasteiger partial charge in [-0.2, -0.15) is 0 Å². The van der Waals surface area contributed by atoms with Gasteiger partial charge in [-0.1, -0.05) is 18.7 Å². The number of nitrogens with zero attached hydrogens (tertiary/aromatic N) is 2. The van der Waals surface area contributed by atoms with Gasteiger partial charge in [-0.25, -0.2) is 9.98 Å². The molecule has 1 amide bonds. The summed E-state index contributed by atoms with van der Waals surface area (Å²) >= 11 is 0. The fraction of sp³-hybridized carbons (Fsp3) is 0.167. The van der Waals surface area contributed by atoms with E-state index in [9.17, 15) is 9.59 Å². The van der Waals surface area contributed by atoms with Crippen molar-refractivity contribution in [1.29, 1.82) is 0 Å². The summed E-state index contributed by atoms with van der Waals surface area (Å²) in [7, 11) is 1.61. The number of carbonyl (C=O) groups excluding carboxylic acids is 1. The largest absolute Gasteiger partial charge is 0.404 e. The lowest BCUT2D eigenvalue weighted by Crippen LogP contribution is -2.37. The molecular weight excluding hydrogens is 418 g/mol. The number of aliphatic imine (C=N–C) groups is 1. The SMILES string of the molecule is C=C(N)N=C/C(=C\N)c1cc2cc[nH]c(=O)c2c(Nc2ccc(C(C)(C)C(=O)NC)cc2)n1. The van der Waals surface area contributed by atoms with Crippen LogP contribution in [0.2, 0.25) is 0 Å². The number of anilines is 2. The van der Waals surface area contributed by atoms with E-state index >= 15 is 0 Å². The van der Waals surface area contributed by atoms with Crippen molar-refractivity contribution >= 4 is 40.0 Å². The number of amides is 1. The van der Waals surface area contributed by atoms with Crippen molar-refractivity contribution in [3.63, 3.8) is 0 Å². The minimum Gasteiger partial charge on any atom is -0.404 e. The summed E-state index contributed by atoms with van der Waals surface area (Å²) in [5.74, 6) is 0.393. The Morgan fingerprint density at radius 2 is 1.94 bits per heavy atom. The molecule has 0 saturated heterocycles. The maximum Gasteiger partial charge on any atom is 0.259 e. The molecule has 3 aromatic rings. The predicted molar refractivity (Wildman–Crippen MR) is 133 cm³/mol. The van der Waals surface area contributed by atoms with Crippen LogP contribution < -0.4 is 27.7 Å². The van der Waals surface area contributed by atoms with Gasteiger partial charge < -0.3 is 27.1 Å². The standard InChI is InChI=1S/C24H27N7O2/c1-14(26)29-13-16(12-25)19-11-15-9-10-28-22(32)20(15)21(31-19)30-18-7-5-17(6-8-18)24(2,3)23(33)27-4/h5-13H,1,25-26H2,2-4H3,(H,27,33)(H,28,32)(H,30,31)/b16-12+,29-13?. The molecule has 2 heterocycles. The van der Waals surface area contributed by atoms with Crippen molar-refractivity contribution in [2.24, 2.45) is 16.5 Å². The number of nitrogens with one attached hydrogen (secondary N) is 3. The first-order valence-electron chi connectivity index (χ1n) is 10.2. The number of rotatable bonds is 7. The third kappa shape index (κ3) is 4.93. The zero-order chi connectivity index (χ0) is 24.2. The van der Waals surface area contributed by atoms with Crippen LogP contribution in [0.4, 0.5) is 11.5 Å². The number of nitrogens with two attached hydrogens (primary N) is 2. The van der Waals surface area contributed by atoms with Crippen molar-refractivity contribution in [3.05, 3.63) is 82.8 Å². The van der Waals surface area contributed by atoms with Gasteiger partial charge in [0, 0.05) is 36.9 Å². The molecule has 0 atom stereocenters. The molecule has 0 spiro atoms. The summed E-state index contributed by atoms with van der Waals surface area (Å²) in [6, 6.07) is 10.9. The number of pyridine rings is 2. The van der Waals surface area contributed by atoms with E-state index < -0.39 is 5.41 Å². The lowest BCUT2D eigenvalue weighted by Gasteiger charge is -2.23. The van der Waals surface area contributed by atoms with Crippen molar-refractivity contribution in [2.75, 3.05) is 12.4 Å². The molecule has 7 N–H and O–H groups in total. The molecule has 0 fully saturated rings. The minimum atomic E-state index is -0.692. The van der Waals surface area contributed by atoms with Crippen LogP contribution in [0.1, 0.15) is 25.1 Å². The first-order chi connectivity index (χ1) is 15.7. The lowest BCUT2D eigenvalue weighted by atomic mass is 9.83. The van der Waals surface area contributed by atoms with Crippen LogP contribution in [-0.4, -0.2) is 29.1 Å².